The van der Waals surface area contributed by atoms with Crippen LogP contribution in [0.15, 0.2) is 18.2 Å². The zero-order chi connectivity index (χ0) is 15.9. The van der Waals surface area contributed by atoms with E-state index in [0.29, 0.717) is 18.1 Å². The summed E-state index contributed by atoms with van der Waals surface area (Å²) < 4.78 is 5.37. The van der Waals surface area contributed by atoms with Crippen LogP contribution in [0.3, 0.4) is 0 Å². The van der Waals surface area contributed by atoms with Crippen LogP contribution >= 0.6 is 0 Å². The van der Waals surface area contributed by atoms with Crippen molar-refractivity contribution in [1.29, 1.82) is 0 Å². The maximum Gasteiger partial charge on any atom is 0.338 e. The molecule has 0 bridgehead atoms. The molecule has 3 N–H and O–H groups in total. The van der Waals surface area contributed by atoms with Crippen LogP contribution in [0.25, 0.3) is 0 Å². The average Bonchev–Trinajstić information content (AvgIpc) is 2.54. The predicted molar refractivity (Wildman–Crippen MR) is 86.9 cm³/mol. The van der Waals surface area contributed by atoms with Crippen molar-refractivity contribution in [3.05, 3.63) is 23.8 Å². The smallest absolute Gasteiger partial charge is 0.338 e. The van der Waals surface area contributed by atoms with Crippen molar-refractivity contribution in [1.82, 2.24) is 4.90 Å². The van der Waals surface area contributed by atoms with Crippen molar-refractivity contribution in [2.24, 2.45) is 5.92 Å². The van der Waals surface area contributed by atoms with E-state index in [0.717, 1.165) is 25.9 Å². The molecule has 5 heteroatoms. The van der Waals surface area contributed by atoms with Gasteiger partial charge >= 0.3 is 5.97 Å². The maximum absolute atomic E-state index is 12.0. The van der Waals surface area contributed by atoms with Gasteiger partial charge in [0.2, 0.25) is 0 Å². The first-order chi connectivity index (χ1) is 10.6. The molecule has 1 aromatic rings. The van der Waals surface area contributed by atoms with Crippen LogP contribution in [0.4, 0.5) is 5.69 Å². The Hall–Kier alpha value is -1.75. The van der Waals surface area contributed by atoms with Gasteiger partial charge in [0.05, 0.1) is 17.9 Å². The third kappa shape index (κ3) is 4.63. The Labute approximate surface area is 132 Å². The molecule has 0 amide bonds. The van der Waals surface area contributed by atoms with Crippen LogP contribution in [-0.2, 0) is 4.74 Å². The van der Waals surface area contributed by atoms with Crippen LogP contribution in [-0.4, -0.2) is 42.2 Å². The van der Waals surface area contributed by atoms with Gasteiger partial charge in [-0.3, -0.25) is 0 Å². The fourth-order valence-corrected chi connectivity index (χ4v) is 2.71. The van der Waals surface area contributed by atoms with Gasteiger partial charge in [-0.05, 0) is 63.0 Å². The summed E-state index contributed by atoms with van der Waals surface area (Å²) in [5.74, 6) is -0.0494. The summed E-state index contributed by atoms with van der Waals surface area (Å²) in [5.41, 5.74) is 6.12. The number of carbonyl (C=O) groups excluding carboxylic acids is 1. The monoisotopic (exact) mass is 306 g/mol. The Morgan fingerprint density at radius 1 is 1.41 bits per heavy atom. The first-order valence-corrected chi connectivity index (χ1v) is 8.08. The molecule has 0 aromatic heterocycles. The molecule has 1 heterocycles. The molecule has 22 heavy (non-hydrogen) atoms. The van der Waals surface area contributed by atoms with Crippen molar-refractivity contribution in [3.8, 4) is 5.75 Å². The van der Waals surface area contributed by atoms with E-state index in [2.05, 4.69) is 11.8 Å². The summed E-state index contributed by atoms with van der Waals surface area (Å²) in [7, 11) is 0. The zero-order valence-corrected chi connectivity index (χ0v) is 13.3. The second-order valence-corrected chi connectivity index (χ2v) is 6.01. The number of nitrogens with zero attached hydrogens (tertiary/aromatic N) is 1. The summed E-state index contributed by atoms with van der Waals surface area (Å²) in [4.78, 5) is 14.5. The number of hydrogen-bond acceptors (Lipinski definition) is 5. The Balaban J connectivity index is 1.74. The number of carbonyl (C=O) groups is 1. The fraction of sp³-hybridized carbons (Fsp3) is 0.588. The third-order valence-corrected chi connectivity index (χ3v) is 4.25. The van der Waals surface area contributed by atoms with Gasteiger partial charge in [0, 0.05) is 0 Å². The van der Waals surface area contributed by atoms with Crippen molar-refractivity contribution in [2.75, 3.05) is 32.0 Å². The van der Waals surface area contributed by atoms with Gasteiger partial charge in [0.15, 0.2) is 0 Å². The third-order valence-electron chi connectivity index (χ3n) is 4.25. The average molecular weight is 306 g/mol. The number of nitrogen functional groups attached to an aromatic ring is 1. The van der Waals surface area contributed by atoms with Crippen molar-refractivity contribution in [3.63, 3.8) is 0 Å². The van der Waals surface area contributed by atoms with E-state index in [1.807, 2.05) is 0 Å². The lowest BCUT2D eigenvalue weighted by Crippen LogP contribution is -2.36. The Kier molecular flexibility index (Phi) is 6.07. The lowest BCUT2D eigenvalue weighted by Gasteiger charge is -2.31. The topological polar surface area (TPSA) is 75.8 Å². The first-order valence-electron chi connectivity index (χ1n) is 8.08. The number of aromatic hydroxyl groups is 1. The predicted octanol–water partition coefficient (Wildman–Crippen LogP) is 2.64. The highest BCUT2D eigenvalue weighted by atomic mass is 16.5. The number of ether oxygens (including phenoxy) is 1. The summed E-state index contributed by atoms with van der Waals surface area (Å²) in [6.07, 6.45) is 4.63. The molecule has 1 aliphatic rings. The number of likely N-dealkylation sites (tertiary alicyclic amines) is 1. The fourth-order valence-electron chi connectivity index (χ4n) is 2.71. The van der Waals surface area contributed by atoms with Crippen LogP contribution in [0.5, 0.6) is 5.75 Å². The Morgan fingerprint density at radius 3 is 2.77 bits per heavy atom. The van der Waals surface area contributed by atoms with Crippen LogP contribution in [0, 0.1) is 5.92 Å². The van der Waals surface area contributed by atoms with Gasteiger partial charge in [0.25, 0.3) is 0 Å². The molecule has 0 aliphatic carbocycles. The molecule has 0 spiro atoms. The van der Waals surface area contributed by atoms with E-state index < -0.39 is 5.97 Å². The van der Waals surface area contributed by atoms with Crippen LogP contribution in [0.2, 0.25) is 0 Å². The van der Waals surface area contributed by atoms with Gasteiger partial charge < -0.3 is 20.5 Å². The normalized spacial score (nSPS) is 16.6. The lowest BCUT2D eigenvalue weighted by atomic mass is 9.97. The number of unbranched alkanes of at least 4 members (excludes halogenated alkanes) is 1. The molecule has 1 aliphatic heterocycles. The quantitative estimate of drug-likeness (QED) is 0.480. The highest BCUT2D eigenvalue weighted by Gasteiger charge is 2.20. The molecule has 2 rings (SSSR count). The number of phenolic OH excluding ortho intramolecular Hbond substituents is 1. The summed E-state index contributed by atoms with van der Waals surface area (Å²) in [5, 5.41) is 9.53. The van der Waals surface area contributed by atoms with Gasteiger partial charge in [-0.25, -0.2) is 4.79 Å². The summed E-state index contributed by atoms with van der Waals surface area (Å²) >= 11 is 0. The maximum atomic E-state index is 12.0. The van der Waals surface area contributed by atoms with E-state index in [9.17, 15) is 9.90 Å². The standard InChI is InChI=1S/C17H26N2O3/c1-2-3-8-19-9-6-13(7-10-19)12-22-17(21)14-4-5-15(18)16(20)11-14/h4-5,11,13,20H,2-3,6-10,12,18H2,1H3. The summed E-state index contributed by atoms with van der Waals surface area (Å²) in [6, 6.07) is 4.44. The SMILES string of the molecule is CCCCN1CCC(COC(=O)c2ccc(N)c(O)c2)CC1. The van der Waals surface area contributed by atoms with E-state index >= 15 is 0 Å². The number of rotatable bonds is 6. The highest BCUT2D eigenvalue weighted by Crippen LogP contribution is 2.22. The van der Waals surface area contributed by atoms with Crippen molar-refractivity contribution in [2.45, 2.75) is 32.6 Å². The second-order valence-electron chi connectivity index (χ2n) is 6.01. The number of piperidine rings is 1. The summed E-state index contributed by atoms with van der Waals surface area (Å²) in [6.45, 7) is 6.01. The van der Waals surface area contributed by atoms with E-state index in [1.54, 1.807) is 6.07 Å². The van der Waals surface area contributed by atoms with Crippen LogP contribution < -0.4 is 5.73 Å². The van der Waals surface area contributed by atoms with E-state index in [4.69, 9.17) is 10.5 Å². The molecule has 0 radical (unpaired) electrons. The highest BCUT2D eigenvalue weighted by molar-refractivity contribution is 5.90. The molecule has 1 saturated heterocycles. The van der Waals surface area contributed by atoms with Gasteiger partial charge in [-0.2, -0.15) is 0 Å². The number of esters is 1. The zero-order valence-electron chi connectivity index (χ0n) is 13.3. The number of hydrogen-bond donors (Lipinski definition) is 2. The van der Waals surface area contributed by atoms with E-state index in [-0.39, 0.29) is 11.4 Å². The number of nitrogens with two attached hydrogens (primary N) is 1. The van der Waals surface area contributed by atoms with Crippen LogP contribution in [0.1, 0.15) is 43.0 Å². The molecule has 0 atom stereocenters. The molecule has 1 fully saturated rings. The minimum Gasteiger partial charge on any atom is -0.506 e. The number of benzene rings is 1. The van der Waals surface area contributed by atoms with Crippen molar-refractivity contribution >= 4 is 11.7 Å². The minimum absolute atomic E-state index is 0.0846. The second kappa shape index (κ2) is 8.03. The van der Waals surface area contributed by atoms with Crippen molar-refractivity contribution < 1.29 is 14.6 Å². The molecular weight excluding hydrogens is 280 g/mol. The molecule has 0 saturated carbocycles. The molecule has 5 nitrogen and oxygen atoms in total. The minimum atomic E-state index is -0.399. The lowest BCUT2D eigenvalue weighted by molar-refractivity contribution is 0.0371. The Morgan fingerprint density at radius 2 is 2.14 bits per heavy atom. The number of anilines is 1. The number of phenols is 1. The molecule has 1 aromatic carbocycles. The molecule has 122 valence electrons. The largest absolute Gasteiger partial charge is 0.506 e. The van der Waals surface area contributed by atoms with E-state index in [1.165, 1.54) is 31.5 Å². The molecule has 0 unspecified atom stereocenters. The van der Waals surface area contributed by atoms with Gasteiger partial charge in [-0.15, -0.1) is 0 Å². The Bertz CT molecular complexity index is 497. The first kappa shape index (κ1) is 16.6. The molecular formula is C17H26N2O3. The van der Waals surface area contributed by atoms with Gasteiger partial charge in [0.1, 0.15) is 5.75 Å². The van der Waals surface area contributed by atoms with Gasteiger partial charge in [-0.1, -0.05) is 13.3 Å².